The predicted octanol–water partition coefficient (Wildman–Crippen LogP) is 3.50. The molecule has 1 heterocycles. The minimum Gasteiger partial charge on any atom is -0.306 e. The standard InChI is InChI=1S/C13H18BrN/c1-10(11-7-8-15(2)9-11)12-5-3-4-6-13(12)14/h3-6,10-11H,7-9H2,1-2H3. The van der Waals surface area contributed by atoms with Gasteiger partial charge in [0, 0.05) is 11.0 Å². The summed E-state index contributed by atoms with van der Waals surface area (Å²) in [5, 5.41) is 0. The van der Waals surface area contributed by atoms with Gasteiger partial charge in [0.25, 0.3) is 0 Å². The lowest BCUT2D eigenvalue weighted by atomic mass is 9.87. The maximum Gasteiger partial charge on any atom is 0.0210 e. The van der Waals surface area contributed by atoms with E-state index in [1.54, 1.807) is 0 Å². The molecule has 1 aliphatic heterocycles. The number of nitrogens with zero attached hydrogens (tertiary/aromatic N) is 1. The Morgan fingerprint density at radius 3 is 2.73 bits per heavy atom. The Balaban J connectivity index is 2.14. The second-order valence-electron chi connectivity index (χ2n) is 4.62. The molecule has 2 heteroatoms. The first kappa shape index (κ1) is 11.2. The normalized spacial score (nSPS) is 24.3. The number of benzene rings is 1. The Kier molecular flexibility index (Phi) is 3.47. The van der Waals surface area contributed by atoms with Gasteiger partial charge in [0.2, 0.25) is 0 Å². The molecule has 15 heavy (non-hydrogen) atoms. The van der Waals surface area contributed by atoms with E-state index in [2.05, 4.69) is 59.1 Å². The highest BCUT2D eigenvalue weighted by Crippen LogP contribution is 2.34. The van der Waals surface area contributed by atoms with Crippen LogP contribution in [-0.4, -0.2) is 25.0 Å². The van der Waals surface area contributed by atoms with Crippen molar-refractivity contribution in [1.82, 2.24) is 4.90 Å². The van der Waals surface area contributed by atoms with Gasteiger partial charge in [-0.15, -0.1) is 0 Å². The van der Waals surface area contributed by atoms with Gasteiger partial charge in [-0.25, -0.2) is 0 Å². The number of hydrogen-bond acceptors (Lipinski definition) is 1. The van der Waals surface area contributed by atoms with E-state index in [1.807, 2.05) is 0 Å². The van der Waals surface area contributed by atoms with E-state index in [9.17, 15) is 0 Å². The highest BCUT2D eigenvalue weighted by Gasteiger charge is 2.26. The van der Waals surface area contributed by atoms with Crippen molar-refractivity contribution in [3.8, 4) is 0 Å². The molecule has 0 saturated carbocycles. The molecule has 1 saturated heterocycles. The Labute approximate surface area is 101 Å². The summed E-state index contributed by atoms with van der Waals surface area (Å²) in [5.74, 6) is 1.47. The number of rotatable bonds is 2. The third kappa shape index (κ3) is 2.43. The first-order valence-electron chi connectivity index (χ1n) is 5.61. The van der Waals surface area contributed by atoms with Crippen LogP contribution in [0, 0.1) is 5.92 Å². The molecule has 82 valence electrons. The summed E-state index contributed by atoms with van der Waals surface area (Å²) >= 11 is 3.65. The van der Waals surface area contributed by atoms with Crippen LogP contribution in [0.2, 0.25) is 0 Å². The van der Waals surface area contributed by atoms with E-state index in [4.69, 9.17) is 0 Å². The SMILES string of the molecule is CC(c1ccccc1Br)C1CCN(C)C1. The van der Waals surface area contributed by atoms with Gasteiger partial charge in [0.1, 0.15) is 0 Å². The van der Waals surface area contributed by atoms with Crippen molar-refractivity contribution in [2.75, 3.05) is 20.1 Å². The van der Waals surface area contributed by atoms with Gasteiger partial charge in [-0.1, -0.05) is 41.1 Å². The molecule has 1 aliphatic rings. The summed E-state index contributed by atoms with van der Waals surface area (Å²) in [4.78, 5) is 2.43. The zero-order valence-electron chi connectivity index (χ0n) is 9.41. The predicted molar refractivity (Wildman–Crippen MR) is 68.2 cm³/mol. The Morgan fingerprint density at radius 2 is 2.13 bits per heavy atom. The third-order valence-corrected chi connectivity index (χ3v) is 4.25. The van der Waals surface area contributed by atoms with Crippen LogP contribution in [0.4, 0.5) is 0 Å². The molecular weight excluding hydrogens is 250 g/mol. The summed E-state index contributed by atoms with van der Waals surface area (Å²) < 4.78 is 1.26. The molecule has 2 unspecified atom stereocenters. The van der Waals surface area contributed by atoms with Crippen molar-refractivity contribution >= 4 is 15.9 Å². The molecule has 2 atom stereocenters. The van der Waals surface area contributed by atoms with E-state index in [-0.39, 0.29) is 0 Å². The van der Waals surface area contributed by atoms with Gasteiger partial charge < -0.3 is 4.90 Å². The summed E-state index contributed by atoms with van der Waals surface area (Å²) in [7, 11) is 2.22. The van der Waals surface area contributed by atoms with Crippen LogP contribution in [0.1, 0.15) is 24.8 Å². The maximum atomic E-state index is 3.65. The number of likely N-dealkylation sites (tertiary alicyclic amines) is 1. The molecule has 2 rings (SSSR count). The lowest BCUT2D eigenvalue weighted by Crippen LogP contribution is -2.17. The van der Waals surface area contributed by atoms with Crippen molar-refractivity contribution < 1.29 is 0 Å². The van der Waals surface area contributed by atoms with E-state index in [1.165, 1.54) is 29.5 Å². The van der Waals surface area contributed by atoms with Crippen molar-refractivity contribution in [2.24, 2.45) is 5.92 Å². The molecule has 0 aliphatic carbocycles. The zero-order chi connectivity index (χ0) is 10.8. The Bertz CT molecular complexity index is 337. The Morgan fingerprint density at radius 1 is 1.40 bits per heavy atom. The van der Waals surface area contributed by atoms with Crippen LogP contribution >= 0.6 is 15.9 Å². The van der Waals surface area contributed by atoms with Gasteiger partial charge in [-0.3, -0.25) is 0 Å². The first-order valence-corrected chi connectivity index (χ1v) is 6.40. The van der Waals surface area contributed by atoms with Crippen LogP contribution in [0.3, 0.4) is 0 Å². The lowest BCUT2D eigenvalue weighted by molar-refractivity contribution is 0.377. The van der Waals surface area contributed by atoms with Crippen molar-refractivity contribution in [3.63, 3.8) is 0 Å². The fourth-order valence-corrected chi connectivity index (χ4v) is 3.12. The second-order valence-corrected chi connectivity index (χ2v) is 5.48. The number of halogens is 1. The van der Waals surface area contributed by atoms with Crippen LogP contribution < -0.4 is 0 Å². The molecule has 0 aromatic heterocycles. The van der Waals surface area contributed by atoms with E-state index >= 15 is 0 Å². The summed E-state index contributed by atoms with van der Waals surface area (Å²) in [5.41, 5.74) is 1.46. The smallest absolute Gasteiger partial charge is 0.0210 e. The second kappa shape index (κ2) is 4.67. The molecule has 0 radical (unpaired) electrons. The molecule has 0 N–H and O–H groups in total. The van der Waals surface area contributed by atoms with E-state index in [0.717, 1.165) is 5.92 Å². The average molecular weight is 268 g/mol. The molecular formula is C13H18BrN. The van der Waals surface area contributed by atoms with Crippen LogP contribution in [-0.2, 0) is 0 Å². The van der Waals surface area contributed by atoms with Crippen molar-refractivity contribution in [2.45, 2.75) is 19.3 Å². The van der Waals surface area contributed by atoms with Gasteiger partial charge in [-0.05, 0) is 43.5 Å². The highest BCUT2D eigenvalue weighted by molar-refractivity contribution is 9.10. The van der Waals surface area contributed by atoms with Gasteiger partial charge >= 0.3 is 0 Å². The monoisotopic (exact) mass is 267 g/mol. The number of hydrogen-bond donors (Lipinski definition) is 0. The average Bonchev–Trinajstić information content (AvgIpc) is 2.65. The Hall–Kier alpha value is -0.340. The molecule has 0 bridgehead atoms. The maximum absolute atomic E-state index is 3.65. The van der Waals surface area contributed by atoms with Crippen LogP contribution in [0.15, 0.2) is 28.7 Å². The van der Waals surface area contributed by atoms with Crippen LogP contribution in [0.5, 0.6) is 0 Å². The zero-order valence-corrected chi connectivity index (χ0v) is 11.0. The molecule has 0 amide bonds. The van der Waals surface area contributed by atoms with E-state index in [0.29, 0.717) is 5.92 Å². The summed E-state index contributed by atoms with van der Waals surface area (Å²) in [6.45, 7) is 4.84. The topological polar surface area (TPSA) is 3.24 Å². The fourth-order valence-electron chi connectivity index (χ4n) is 2.48. The molecule has 1 fully saturated rings. The minimum atomic E-state index is 0.658. The molecule has 1 aromatic rings. The highest BCUT2D eigenvalue weighted by atomic mass is 79.9. The molecule has 0 spiro atoms. The van der Waals surface area contributed by atoms with Crippen molar-refractivity contribution in [3.05, 3.63) is 34.3 Å². The van der Waals surface area contributed by atoms with Gasteiger partial charge in [0.05, 0.1) is 0 Å². The fraction of sp³-hybridized carbons (Fsp3) is 0.538. The lowest BCUT2D eigenvalue weighted by Gasteiger charge is -2.20. The largest absolute Gasteiger partial charge is 0.306 e. The molecule has 1 nitrogen and oxygen atoms in total. The first-order chi connectivity index (χ1) is 7.18. The van der Waals surface area contributed by atoms with E-state index < -0.39 is 0 Å². The minimum absolute atomic E-state index is 0.658. The van der Waals surface area contributed by atoms with Crippen LogP contribution in [0.25, 0.3) is 0 Å². The van der Waals surface area contributed by atoms with Gasteiger partial charge in [0.15, 0.2) is 0 Å². The quantitative estimate of drug-likeness (QED) is 0.793. The summed E-state index contributed by atoms with van der Waals surface area (Å²) in [6, 6.07) is 8.61. The third-order valence-electron chi connectivity index (χ3n) is 3.53. The van der Waals surface area contributed by atoms with Gasteiger partial charge in [-0.2, -0.15) is 0 Å². The van der Waals surface area contributed by atoms with Crippen molar-refractivity contribution in [1.29, 1.82) is 0 Å². The molecule has 1 aromatic carbocycles. The summed E-state index contributed by atoms with van der Waals surface area (Å²) in [6.07, 6.45) is 1.33.